The van der Waals surface area contributed by atoms with E-state index < -0.39 is 0 Å². The maximum atomic E-state index is 5.91. The maximum Gasteiger partial charge on any atom is 0.236 e. The second-order valence-corrected chi connectivity index (χ2v) is 7.14. The average molecular weight is 377 g/mol. The van der Waals surface area contributed by atoms with Gasteiger partial charge in [-0.25, -0.2) is 0 Å². The lowest BCUT2D eigenvalue weighted by Crippen LogP contribution is -2.19. The molecule has 0 saturated carbocycles. The highest BCUT2D eigenvalue weighted by molar-refractivity contribution is 7.98. The third-order valence-electron chi connectivity index (χ3n) is 3.30. The van der Waals surface area contributed by atoms with E-state index in [9.17, 15) is 0 Å². The number of nitrogens with zero attached hydrogens (tertiary/aromatic N) is 6. The largest absolute Gasteiger partial charge is 0.492 e. The zero-order chi connectivity index (χ0) is 17.8. The van der Waals surface area contributed by atoms with Gasteiger partial charge in [-0.2, -0.15) is 9.67 Å². The molecule has 8 nitrogen and oxygen atoms in total. The van der Waals surface area contributed by atoms with Gasteiger partial charge in [0.2, 0.25) is 16.2 Å². The predicted molar refractivity (Wildman–Crippen MR) is 101 cm³/mol. The fourth-order valence-corrected chi connectivity index (χ4v) is 3.23. The van der Waals surface area contributed by atoms with E-state index in [4.69, 9.17) is 10.5 Å². The number of aromatic nitrogens is 5. The van der Waals surface area contributed by atoms with Crippen LogP contribution >= 0.6 is 23.1 Å². The number of hydrogen-bond acceptors (Lipinski definition) is 9. The highest BCUT2D eigenvalue weighted by Gasteiger charge is 2.16. The van der Waals surface area contributed by atoms with Crippen LogP contribution in [0, 0.1) is 0 Å². The second kappa shape index (κ2) is 7.81. The molecule has 0 radical (unpaired) electrons. The van der Waals surface area contributed by atoms with Crippen LogP contribution in [0.1, 0.15) is 0 Å². The number of hydrogen-bond donors (Lipinski definition) is 1. The molecule has 0 saturated heterocycles. The number of likely N-dealkylation sites (N-methyl/N-ethyl adjacent to an activating group) is 1. The number of rotatable bonds is 7. The zero-order valence-corrected chi connectivity index (χ0v) is 15.8. The molecule has 25 heavy (non-hydrogen) atoms. The Balaban J connectivity index is 1.86. The van der Waals surface area contributed by atoms with E-state index in [0.29, 0.717) is 22.8 Å². The molecular weight excluding hydrogens is 358 g/mol. The molecule has 0 spiro atoms. The molecule has 0 fully saturated rings. The van der Waals surface area contributed by atoms with Gasteiger partial charge in [-0.15, -0.1) is 15.3 Å². The number of thioether (sulfide) groups is 1. The highest BCUT2D eigenvalue weighted by atomic mass is 32.2. The fraction of sp³-hybridized carbons (Fsp3) is 0.333. The molecule has 2 N–H and O–H groups in total. The average Bonchev–Trinajstić information content (AvgIpc) is 3.21. The van der Waals surface area contributed by atoms with Gasteiger partial charge in [0.15, 0.2) is 5.01 Å². The van der Waals surface area contributed by atoms with Crippen molar-refractivity contribution >= 4 is 29.0 Å². The second-order valence-electron chi connectivity index (χ2n) is 5.41. The number of ether oxygens (including phenoxy) is 1. The monoisotopic (exact) mass is 377 g/mol. The number of anilines is 1. The number of benzene rings is 1. The Hall–Kier alpha value is -2.17. The van der Waals surface area contributed by atoms with Crippen LogP contribution in [0.25, 0.3) is 15.7 Å². The summed E-state index contributed by atoms with van der Waals surface area (Å²) in [4.78, 5) is 6.24. The van der Waals surface area contributed by atoms with E-state index in [1.165, 1.54) is 27.8 Å². The van der Waals surface area contributed by atoms with E-state index >= 15 is 0 Å². The molecular formula is C15H19N7OS2. The van der Waals surface area contributed by atoms with Crippen molar-refractivity contribution in [2.75, 3.05) is 39.2 Å². The lowest BCUT2D eigenvalue weighted by atomic mass is 10.2. The quantitative estimate of drug-likeness (QED) is 0.625. The standard InChI is InChI=1S/C15H19N7OS2/c1-21(2)8-9-23-11-7-5-4-6-10(11)12-18-19-15(25-12)22-13(16)17-14(20-22)24-3/h4-7H,8-9H2,1-3H3,(H2,16,17,20). The summed E-state index contributed by atoms with van der Waals surface area (Å²) in [5.41, 5.74) is 6.80. The van der Waals surface area contributed by atoms with Gasteiger partial charge in [-0.3, -0.25) is 0 Å². The van der Waals surface area contributed by atoms with Crippen molar-refractivity contribution < 1.29 is 4.74 Å². The summed E-state index contributed by atoms with van der Waals surface area (Å²) >= 11 is 2.81. The molecule has 0 aliphatic heterocycles. The van der Waals surface area contributed by atoms with Crippen molar-refractivity contribution in [3.63, 3.8) is 0 Å². The topological polar surface area (TPSA) is 95.0 Å². The molecule has 2 heterocycles. The smallest absolute Gasteiger partial charge is 0.236 e. The van der Waals surface area contributed by atoms with Gasteiger partial charge in [0.05, 0.1) is 5.56 Å². The highest BCUT2D eigenvalue weighted by Crippen LogP contribution is 2.33. The van der Waals surface area contributed by atoms with Crippen LogP contribution in [0.15, 0.2) is 29.4 Å². The predicted octanol–water partition coefficient (Wildman–Crippen LogP) is 2.03. The van der Waals surface area contributed by atoms with Crippen LogP contribution in [0.2, 0.25) is 0 Å². The van der Waals surface area contributed by atoms with Crippen LogP contribution in [0.3, 0.4) is 0 Å². The van der Waals surface area contributed by atoms with Gasteiger partial charge in [-0.05, 0) is 32.5 Å². The molecule has 3 aromatic rings. The lowest BCUT2D eigenvalue weighted by Gasteiger charge is -2.12. The van der Waals surface area contributed by atoms with Crippen molar-refractivity contribution in [2.24, 2.45) is 0 Å². The van der Waals surface area contributed by atoms with Crippen LogP contribution < -0.4 is 10.5 Å². The van der Waals surface area contributed by atoms with Crippen LogP contribution in [0.5, 0.6) is 5.75 Å². The molecule has 0 aliphatic rings. The molecule has 132 valence electrons. The lowest BCUT2D eigenvalue weighted by molar-refractivity contribution is 0.262. The first-order chi connectivity index (χ1) is 12.1. The molecule has 0 unspecified atom stereocenters. The first-order valence-corrected chi connectivity index (χ1v) is 9.60. The summed E-state index contributed by atoms with van der Waals surface area (Å²) in [5, 5.41) is 14.7. The Kier molecular flexibility index (Phi) is 5.51. The molecule has 0 amide bonds. The van der Waals surface area contributed by atoms with Crippen molar-refractivity contribution in [2.45, 2.75) is 5.16 Å². The minimum Gasteiger partial charge on any atom is -0.492 e. The minimum atomic E-state index is 0.294. The Morgan fingerprint density at radius 3 is 2.80 bits per heavy atom. The molecule has 1 aromatic carbocycles. The maximum absolute atomic E-state index is 5.91. The molecule has 0 bridgehead atoms. The molecule has 0 aliphatic carbocycles. The van der Waals surface area contributed by atoms with E-state index in [2.05, 4.69) is 25.2 Å². The van der Waals surface area contributed by atoms with Crippen LogP contribution in [0.4, 0.5) is 5.95 Å². The van der Waals surface area contributed by atoms with Gasteiger partial charge >= 0.3 is 0 Å². The van der Waals surface area contributed by atoms with Crippen molar-refractivity contribution in [1.82, 2.24) is 29.9 Å². The third-order valence-corrected chi connectivity index (χ3v) is 4.77. The summed E-state index contributed by atoms with van der Waals surface area (Å²) in [6.45, 7) is 1.44. The SMILES string of the molecule is CSc1nc(N)n(-c2nnc(-c3ccccc3OCCN(C)C)s2)n1. The number of nitrogens with two attached hydrogens (primary N) is 1. The van der Waals surface area contributed by atoms with Crippen LogP contribution in [-0.4, -0.2) is 63.4 Å². The summed E-state index contributed by atoms with van der Waals surface area (Å²) in [5.74, 6) is 1.07. The number of nitrogen functional groups attached to an aromatic ring is 1. The first kappa shape index (κ1) is 17.6. The van der Waals surface area contributed by atoms with E-state index in [1.807, 2.05) is 44.6 Å². The Morgan fingerprint density at radius 1 is 1.28 bits per heavy atom. The fourth-order valence-electron chi connectivity index (χ4n) is 2.05. The van der Waals surface area contributed by atoms with Gasteiger partial charge in [0, 0.05) is 6.54 Å². The van der Waals surface area contributed by atoms with Gasteiger partial charge in [-0.1, -0.05) is 35.2 Å². The third kappa shape index (κ3) is 4.09. The molecule has 2 aromatic heterocycles. The number of para-hydroxylation sites is 1. The van der Waals surface area contributed by atoms with Gasteiger partial charge in [0.1, 0.15) is 12.4 Å². The summed E-state index contributed by atoms with van der Waals surface area (Å²) in [6.07, 6.45) is 1.89. The summed E-state index contributed by atoms with van der Waals surface area (Å²) in [6, 6.07) is 7.79. The summed E-state index contributed by atoms with van der Waals surface area (Å²) in [7, 11) is 4.02. The normalized spacial score (nSPS) is 11.2. The van der Waals surface area contributed by atoms with Gasteiger partial charge in [0.25, 0.3) is 0 Å². The molecule has 0 atom stereocenters. The van der Waals surface area contributed by atoms with Crippen molar-refractivity contribution in [1.29, 1.82) is 0 Å². The van der Waals surface area contributed by atoms with Crippen LogP contribution in [-0.2, 0) is 0 Å². The van der Waals surface area contributed by atoms with Crippen molar-refractivity contribution in [3.05, 3.63) is 24.3 Å². The van der Waals surface area contributed by atoms with Gasteiger partial charge < -0.3 is 15.4 Å². The Morgan fingerprint density at radius 2 is 2.08 bits per heavy atom. The Bertz CT molecular complexity index is 846. The van der Waals surface area contributed by atoms with E-state index in [-0.39, 0.29) is 0 Å². The first-order valence-electron chi connectivity index (χ1n) is 7.56. The minimum absolute atomic E-state index is 0.294. The van der Waals surface area contributed by atoms with E-state index in [0.717, 1.165) is 22.9 Å². The van der Waals surface area contributed by atoms with Crippen molar-refractivity contribution in [3.8, 4) is 21.5 Å². The zero-order valence-electron chi connectivity index (χ0n) is 14.2. The van der Waals surface area contributed by atoms with E-state index in [1.54, 1.807) is 0 Å². The summed E-state index contributed by atoms with van der Waals surface area (Å²) < 4.78 is 7.40. The molecule has 10 heteroatoms. The Labute approximate surface area is 154 Å². The molecule has 3 rings (SSSR count).